The van der Waals surface area contributed by atoms with E-state index in [1.54, 1.807) is 12.1 Å². The number of benzene rings is 1. The molecule has 1 aliphatic rings. The van der Waals surface area contributed by atoms with Gasteiger partial charge in [-0.1, -0.05) is 15.9 Å². The molecule has 0 spiro atoms. The lowest BCUT2D eigenvalue weighted by Crippen LogP contribution is -2.43. The number of nitrogens with two attached hydrogens (primary N) is 1. The third-order valence-corrected chi connectivity index (χ3v) is 3.18. The van der Waals surface area contributed by atoms with Crippen LogP contribution in [-0.2, 0) is 9.47 Å². The van der Waals surface area contributed by atoms with E-state index in [4.69, 9.17) is 15.3 Å². The van der Waals surface area contributed by atoms with E-state index in [0.717, 1.165) is 4.47 Å². The minimum absolute atomic E-state index is 0.280. The van der Waals surface area contributed by atoms with Crippen LogP contribution >= 0.6 is 15.9 Å². The fraction of sp³-hybridized carbons (Fsp3) is 0.455. The summed E-state index contributed by atoms with van der Waals surface area (Å²) in [5.74, 6) is 5.17. The number of hydrazine groups is 1. The van der Waals surface area contributed by atoms with Crippen LogP contribution < -0.4 is 11.3 Å². The molecular weight excluding hydrogens is 291 g/mol. The maximum atomic E-state index is 13.7. The normalized spacial score (nSPS) is 22.4. The van der Waals surface area contributed by atoms with Crippen molar-refractivity contribution in [1.82, 2.24) is 5.43 Å². The van der Waals surface area contributed by atoms with Crippen molar-refractivity contribution in [3.63, 3.8) is 0 Å². The molecule has 0 saturated carbocycles. The van der Waals surface area contributed by atoms with Crippen molar-refractivity contribution in [1.29, 1.82) is 0 Å². The molecule has 1 aromatic rings. The van der Waals surface area contributed by atoms with Crippen molar-refractivity contribution in [2.75, 3.05) is 19.8 Å². The van der Waals surface area contributed by atoms with Crippen LogP contribution in [0.2, 0.25) is 0 Å². The van der Waals surface area contributed by atoms with E-state index in [1.807, 2.05) is 0 Å². The summed E-state index contributed by atoms with van der Waals surface area (Å²) in [5, 5.41) is 0. The molecule has 1 heterocycles. The van der Waals surface area contributed by atoms with Gasteiger partial charge in [-0.25, -0.2) is 4.39 Å². The highest BCUT2D eigenvalue weighted by molar-refractivity contribution is 9.10. The van der Waals surface area contributed by atoms with Crippen LogP contribution in [0, 0.1) is 5.82 Å². The smallest absolute Gasteiger partial charge is 0.128 e. The highest BCUT2D eigenvalue weighted by Gasteiger charge is 2.27. The number of hydrogen-bond donors (Lipinski definition) is 2. The van der Waals surface area contributed by atoms with E-state index in [0.29, 0.717) is 25.4 Å². The Bertz CT molecular complexity index is 386. The van der Waals surface area contributed by atoms with E-state index >= 15 is 0 Å². The minimum Gasteiger partial charge on any atom is -0.376 e. The molecule has 6 heteroatoms. The molecular formula is C11H14BrFN2O2. The van der Waals surface area contributed by atoms with Crippen LogP contribution in [0.1, 0.15) is 11.6 Å². The first-order chi connectivity index (χ1) is 8.22. The molecule has 0 aliphatic carbocycles. The quantitative estimate of drug-likeness (QED) is 0.656. The van der Waals surface area contributed by atoms with Crippen molar-refractivity contribution in [2.45, 2.75) is 12.1 Å². The molecule has 1 aliphatic heterocycles. The maximum Gasteiger partial charge on any atom is 0.128 e. The molecule has 3 N–H and O–H groups in total. The van der Waals surface area contributed by atoms with Gasteiger partial charge in [0.2, 0.25) is 0 Å². The van der Waals surface area contributed by atoms with Gasteiger partial charge in [-0.15, -0.1) is 0 Å². The topological polar surface area (TPSA) is 56.5 Å². The van der Waals surface area contributed by atoms with Crippen molar-refractivity contribution in [3.05, 3.63) is 34.1 Å². The second kappa shape index (κ2) is 5.88. The zero-order chi connectivity index (χ0) is 12.3. The van der Waals surface area contributed by atoms with Crippen LogP contribution in [0.5, 0.6) is 0 Å². The van der Waals surface area contributed by atoms with E-state index in [-0.39, 0.29) is 11.9 Å². The lowest BCUT2D eigenvalue weighted by Gasteiger charge is -2.30. The van der Waals surface area contributed by atoms with Gasteiger partial charge in [-0.2, -0.15) is 0 Å². The third-order valence-electron chi connectivity index (χ3n) is 2.69. The van der Waals surface area contributed by atoms with Gasteiger partial charge in [0, 0.05) is 10.0 Å². The number of nitrogens with one attached hydrogen (secondary N) is 1. The monoisotopic (exact) mass is 304 g/mol. The molecule has 4 nitrogen and oxygen atoms in total. The molecule has 0 bridgehead atoms. The highest BCUT2D eigenvalue weighted by atomic mass is 79.9. The molecule has 2 unspecified atom stereocenters. The summed E-state index contributed by atoms with van der Waals surface area (Å²) in [5.41, 5.74) is 3.06. The molecule has 0 amide bonds. The van der Waals surface area contributed by atoms with E-state index in [9.17, 15) is 4.39 Å². The van der Waals surface area contributed by atoms with Crippen LogP contribution in [0.25, 0.3) is 0 Å². The number of rotatable bonds is 3. The minimum atomic E-state index is -0.423. The molecule has 94 valence electrons. The summed E-state index contributed by atoms with van der Waals surface area (Å²) in [6, 6.07) is 4.31. The van der Waals surface area contributed by atoms with E-state index < -0.39 is 6.04 Å². The van der Waals surface area contributed by atoms with Gasteiger partial charge in [0.25, 0.3) is 0 Å². The Morgan fingerprint density at radius 3 is 2.94 bits per heavy atom. The second-order valence-corrected chi connectivity index (χ2v) is 4.71. The summed E-state index contributed by atoms with van der Waals surface area (Å²) in [7, 11) is 0. The first-order valence-corrected chi connectivity index (χ1v) is 6.12. The Morgan fingerprint density at radius 2 is 2.29 bits per heavy atom. The Balaban J connectivity index is 2.24. The summed E-state index contributed by atoms with van der Waals surface area (Å²) in [6.07, 6.45) is -0.280. The third kappa shape index (κ3) is 3.02. The van der Waals surface area contributed by atoms with Gasteiger partial charge in [-0.05, 0) is 18.2 Å². The number of halogens is 2. The van der Waals surface area contributed by atoms with Crippen molar-refractivity contribution < 1.29 is 13.9 Å². The Kier molecular flexibility index (Phi) is 4.47. The predicted molar refractivity (Wildman–Crippen MR) is 64.7 cm³/mol. The van der Waals surface area contributed by atoms with E-state index in [1.165, 1.54) is 6.07 Å². The van der Waals surface area contributed by atoms with Gasteiger partial charge in [0.05, 0.1) is 25.9 Å². The van der Waals surface area contributed by atoms with Crippen molar-refractivity contribution >= 4 is 15.9 Å². The predicted octanol–water partition coefficient (Wildman–Crippen LogP) is 1.51. The van der Waals surface area contributed by atoms with Crippen LogP contribution in [-0.4, -0.2) is 25.9 Å². The molecule has 2 rings (SSSR count). The fourth-order valence-electron chi connectivity index (χ4n) is 1.85. The van der Waals surface area contributed by atoms with Crippen LogP contribution in [0.3, 0.4) is 0 Å². The lowest BCUT2D eigenvalue weighted by atomic mass is 10.0. The van der Waals surface area contributed by atoms with Crippen LogP contribution in [0.15, 0.2) is 22.7 Å². The molecule has 1 fully saturated rings. The van der Waals surface area contributed by atoms with Gasteiger partial charge in [-0.3, -0.25) is 11.3 Å². The first-order valence-electron chi connectivity index (χ1n) is 5.33. The summed E-state index contributed by atoms with van der Waals surface area (Å²) in [6.45, 7) is 1.47. The first kappa shape index (κ1) is 12.9. The molecule has 1 aromatic carbocycles. The van der Waals surface area contributed by atoms with Crippen LogP contribution in [0.4, 0.5) is 4.39 Å². The van der Waals surface area contributed by atoms with E-state index in [2.05, 4.69) is 21.4 Å². The largest absolute Gasteiger partial charge is 0.376 e. The number of ether oxygens (including phenoxy) is 2. The average molecular weight is 305 g/mol. The van der Waals surface area contributed by atoms with Gasteiger partial charge >= 0.3 is 0 Å². The second-order valence-electron chi connectivity index (χ2n) is 3.79. The Morgan fingerprint density at radius 1 is 1.47 bits per heavy atom. The zero-order valence-electron chi connectivity index (χ0n) is 9.16. The standard InChI is InChI=1S/C11H14BrFN2O2/c12-7-1-2-9(13)8(5-7)11(15-14)10-6-16-3-4-17-10/h1-2,5,10-11,15H,3-4,6,14H2. The molecule has 0 radical (unpaired) electrons. The maximum absolute atomic E-state index is 13.7. The average Bonchev–Trinajstić information content (AvgIpc) is 2.36. The van der Waals surface area contributed by atoms with Gasteiger partial charge < -0.3 is 9.47 Å². The summed E-state index contributed by atoms with van der Waals surface area (Å²) >= 11 is 3.31. The molecule has 0 aromatic heterocycles. The zero-order valence-corrected chi connectivity index (χ0v) is 10.7. The summed E-state index contributed by atoms with van der Waals surface area (Å²) < 4.78 is 25.4. The molecule has 1 saturated heterocycles. The Labute approximate surface area is 107 Å². The summed E-state index contributed by atoms with van der Waals surface area (Å²) in [4.78, 5) is 0. The SMILES string of the molecule is NNC(c1cc(Br)ccc1F)C1COCCO1. The van der Waals surface area contributed by atoms with Crippen molar-refractivity contribution in [2.24, 2.45) is 5.84 Å². The van der Waals surface area contributed by atoms with Gasteiger partial charge in [0.1, 0.15) is 11.9 Å². The lowest BCUT2D eigenvalue weighted by molar-refractivity contribution is -0.103. The van der Waals surface area contributed by atoms with Gasteiger partial charge in [0.15, 0.2) is 0 Å². The fourth-order valence-corrected chi connectivity index (χ4v) is 2.23. The molecule has 2 atom stereocenters. The Hall–Kier alpha value is -0.530. The van der Waals surface area contributed by atoms with Crippen molar-refractivity contribution in [3.8, 4) is 0 Å². The number of hydrogen-bond acceptors (Lipinski definition) is 4. The molecule has 17 heavy (non-hydrogen) atoms. The highest BCUT2D eigenvalue weighted by Crippen LogP contribution is 2.26.